The molecule has 1 aromatic carbocycles. The molecule has 0 saturated carbocycles. The topological polar surface area (TPSA) is 75.6 Å². The number of rotatable bonds is 5. The van der Waals surface area contributed by atoms with Crippen molar-refractivity contribution in [3.8, 4) is 0 Å². The molecule has 5 heteroatoms. The number of ether oxygens (including phenoxy) is 1. The zero-order valence-electron chi connectivity index (χ0n) is 11.8. The first-order chi connectivity index (χ1) is 9.38. The van der Waals surface area contributed by atoms with Crippen LogP contribution in [0, 0.1) is 0 Å². The maximum atomic E-state index is 11.5. The molecule has 0 spiro atoms. The van der Waals surface area contributed by atoms with Crippen LogP contribution in [0.2, 0.25) is 0 Å². The smallest absolute Gasteiger partial charge is 0.407 e. The molecule has 0 heterocycles. The number of carbonyl (C=O) groups is 2. The van der Waals surface area contributed by atoms with Gasteiger partial charge in [-0.3, -0.25) is 0 Å². The van der Waals surface area contributed by atoms with Gasteiger partial charge < -0.3 is 15.2 Å². The van der Waals surface area contributed by atoms with Crippen molar-refractivity contribution in [2.45, 2.75) is 32.9 Å². The third kappa shape index (κ3) is 5.56. The summed E-state index contributed by atoms with van der Waals surface area (Å²) in [6.07, 6.45) is 1.93. The number of alkyl carbamates (subject to hydrolysis) is 1. The van der Waals surface area contributed by atoms with Crippen LogP contribution in [0.25, 0.3) is 6.08 Å². The lowest BCUT2D eigenvalue weighted by atomic mass is 10.1. The summed E-state index contributed by atoms with van der Waals surface area (Å²) in [5, 5.41) is 11.3. The normalized spacial score (nSPS) is 12.4. The van der Waals surface area contributed by atoms with Crippen LogP contribution < -0.4 is 5.32 Å². The van der Waals surface area contributed by atoms with Gasteiger partial charge in [0.05, 0.1) is 12.1 Å². The molecule has 20 heavy (non-hydrogen) atoms. The van der Waals surface area contributed by atoms with E-state index in [2.05, 4.69) is 5.32 Å². The Hall–Kier alpha value is -2.30. The molecule has 0 aliphatic heterocycles. The Morgan fingerprint density at radius 3 is 2.60 bits per heavy atom. The van der Waals surface area contributed by atoms with Crippen molar-refractivity contribution in [1.82, 2.24) is 5.32 Å². The van der Waals surface area contributed by atoms with Gasteiger partial charge >= 0.3 is 12.1 Å². The highest BCUT2D eigenvalue weighted by molar-refractivity contribution is 5.85. The number of hydrogen-bond acceptors (Lipinski definition) is 3. The molecule has 1 aromatic rings. The van der Waals surface area contributed by atoms with E-state index in [-0.39, 0.29) is 12.1 Å². The van der Waals surface area contributed by atoms with E-state index >= 15 is 0 Å². The van der Waals surface area contributed by atoms with E-state index in [1.807, 2.05) is 25.1 Å². The minimum Gasteiger partial charge on any atom is -0.478 e. The molecule has 5 nitrogen and oxygen atoms in total. The molecule has 0 aliphatic rings. The van der Waals surface area contributed by atoms with E-state index < -0.39 is 12.1 Å². The number of carboxylic acid groups (broad SMARTS) is 1. The lowest BCUT2D eigenvalue weighted by Gasteiger charge is -2.16. The van der Waals surface area contributed by atoms with E-state index in [4.69, 9.17) is 9.84 Å². The second kappa shape index (κ2) is 7.33. The highest BCUT2D eigenvalue weighted by atomic mass is 16.6. The Morgan fingerprint density at radius 1 is 1.30 bits per heavy atom. The van der Waals surface area contributed by atoms with Gasteiger partial charge in [-0.15, -0.1) is 0 Å². The number of amides is 1. The number of carboxylic acids is 1. The standard InChI is InChI=1S/C15H19NO4/c1-10(2)20-15(19)16-11(3)13-6-4-5-12(9-13)7-8-14(17)18/h4-11H,1-3H3,(H,16,19)(H,17,18). The third-order valence-electron chi connectivity index (χ3n) is 2.51. The summed E-state index contributed by atoms with van der Waals surface area (Å²) in [5.74, 6) is -0.998. The summed E-state index contributed by atoms with van der Waals surface area (Å²) in [7, 11) is 0. The largest absolute Gasteiger partial charge is 0.478 e. The van der Waals surface area contributed by atoms with Gasteiger partial charge in [-0.2, -0.15) is 0 Å². The molecule has 0 fully saturated rings. The second-order valence-electron chi connectivity index (χ2n) is 4.66. The Kier molecular flexibility index (Phi) is 5.77. The third-order valence-corrected chi connectivity index (χ3v) is 2.51. The van der Waals surface area contributed by atoms with Crippen molar-refractivity contribution in [3.05, 3.63) is 41.5 Å². The van der Waals surface area contributed by atoms with Crippen LogP contribution >= 0.6 is 0 Å². The number of nitrogens with one attached hydrogen (secondary N) is 1. The van der Waals surface area contributed by atoms with E-state index in [0.29, 0.717) is 0 Å². The van der Waals surface area contributed by atoms with Gasteiger partial charge in [-0.05, 0) is 44.0 Å². The average Bonchev–Trinajstić information content (AvgIpc) is 2.35. The highest BCUT2D eigenvalue weighted by Crippen LogP contribution is 2.15. The molecule has 0 bridgehead atoms. The number of hydrogen-bond donors (Lipinski definition) is 2. The monoisotopic (exact) mass is 277 g/mol. The van der Waals surface area contributed by atoms with Crippen molar-refractivity contribution >= 4 is 18.1 Å². The second-order valence-corrected chi connectivity index (χ2v) is 4.66. The van der Waals surface area contributed by atoms with Crippen LogP contribution in [-0.2, 0) is 9.53 Å². The Bertz CT molecular complexity index is 508. The molecule has 1 unspecified atom stereocenters. The molecular weight excluding hydrogens is 258 g/mol. The first-order valence-corrected chi connectivity index (χ1v) is 6.36. The molecule has 2 N–H and O–H groups in total. The van der Waals surface area contributed by atoms with Crippen LogP contribution in [0.15, 0.2) is 30.3 Å². The molecule has 0 aliphatic carbocycles. The number of carbonyl (C=O) groups excluding carboxylic acids is 1. The van der Waals surface area contributed by atoms with E-state index in [9.17, 15) is 9.59 Å². The van der Waals surface area contributed by atoms with E-state index in [1.165, 1.54) is 6.08 Å². The first kappa shape index (κ1) is 15.8. The van der Waals surface area contributed by atoms with Crippen molar-refractivity contribution in [3.63, 3.8) is 0 Å². The fourth-order valence-electron chi connectivity index (χ4n) is 1.61. The Balaban J connectivity index is 2.73. The minimum absolute atomic E-state index is 0.174. The molecular formula is C15H19NO4. The van der Waals surface area contributed by atoms with Crippen LogP contribution in [0.3, 0.4) is 0 Å². The van der Waals surface area contributed by atoms with Gasteiger partial charge in [-0.25, -0.2) is 9.59 Å². The SMILES string of the molecule is CC(C)OC(=O)NC(C)c1cccc(C=CC(=O)O)c1. The van der Waals surface area contributed by atoms with E-state index in [1.54, 1.807) is 19.9 Å². The maximum Gasteiger partial charge on any atom is 0.407 e. The van der Waals surface area contributed by atoms with E-state index in [0.717, 1.165) is 17.2 Å². The molecule has 0 aromatic heterocycles. The minimum atomic E-state index is -0.998. The fourth-order valence-corrected chi connectivity index (χ4v) is 1.61. The fraction of sp³-hybridized carbons (Fsp3) is 0.333. The average molecular weight is 277 g/mol. The number of aliphatic carboxylic acids is 1. The van der Waals surface area contributed by atoms with Crippen molar-refractivity contribution < 1.29 is 19.4 Å². The lowest BCUT2D eigenvalue weighted by molar-refractivity contribution is -0.131. The maximum absolute atomic E-state index is 11.5. The summed E-state index contributed by atoms with van der Waals surface area (Å²) in [4.78, 5) is 22.0. The summed E-state index contributed by atoms with van der Waals surface area (Å²) in [6, 6.07) is 7.06. The number of benzene rings is 1. The predicted octanol–water partition coefficient (Wildman–Crippen LogP) is 2.98. The van der Waals surface area contributed by atoms with Gasteiger partial charge in [0.15, 0.2) is 0 Å². The quantitative estimate of drug-likeness (QED) is 0.811. The molecule has 0 radical (unpaired) electrons. The summed E-state index contributed by atoms with van der Waals surface area (Å²) in [5.41, 5.74) is 1.63. The molecule has 108 valence electrons. The van der Waals surface area contributed by atoms with Gasteiger partial charge in [-0.1, -0.05) is 18.2 Å². The van der Waals surface area contributed by atoms with Gasteiger partial charge in [0.2, 0.25) is 0 Å². The van der Waals surface area contributed by atoms with Crippen molar-refractivity contribution in [2.24, 2.45) is 0 Å². The van der Waals surface area contributed by atoms with Gasteiger partial charge in [0.1, 0.15) is 0 Å². The summed E-state index contributed by atoms with van der Waals surface area (Å²) in [6.45, 7) is 5.39. The van der Waals surface area contributed by atoms with Gasteiger partial charge in [0, 0.05) is 6.08 Å². The zero-order chi connectivity index (χ0) is 15.1. The Morgan fingerprint density at radius 2 is 2.00 bits per heavy atom. The van der Waals surface area contributed by atoms with Gasteiger partial charge in [0.25, 0.3) is 0 Å². The van der Waals surface area contributed by atoms with Crippen LogP contribution in [0.4, 0.5) is 4.79 Å². The van der Waals surface area contributed by atoms with Crippen molar-refractivity contribution in [1.29, 1.82) is 0 Å². The molecule has 1 rings (SSSR count). The predicted molar refractivity (Wildman–Crippen MR) is 76.3 cm³/mol. The molecule has 0 saturated heterocycles. The highest BCUT2D eigenvalue weighted by Gasteiger charge is 2.11. The van der Waals surface area contributed by atoms with Crippen LogP contribution in [0.1, 0.15) is 37.9 Å². The molecule has 1 amide bonds. The lowest BCUT2D eigenvalue weighted by Crippen LogP contribution is -2.29. The zero-order valence-corrected chi connectivity index (χ0v) is 11.8. The van der Waals surface area contributed by atoms with Crippen LogP contribution in [0.5, 0.6) is 0 Å². The van der Waals surface area contributed by atoms with Crippen LogP contribution in [-0.4, -0.2) is 23.3 Å². The molecule has 1 atom stereocenters. The summed E-state index contributed by atoms with van der Waals surface area (Å²) < 4.78 is 5.01. The summed E-state index contributed by atoms with van der Waals surface area (Å²) >= 11 is 0. The van der Waals surface area contributed by atoms with Crippen molar-refractivity contribution in [2.75, 3.05) is 0 Å². The Labute approximate surface area is 118 Å². The first-order valence-electron chi connectivity index (χ1n) is 6.36.